The highest BCUT2D eigenvalue weighted by molar-refractivity contribution is 9.11. The van der Waals surface area contributed by atoms with Crippen molar-refractivity contribution in [2.24, 2.45) is 4.99 Å². The molecule has 0 spiro atoms. The Balaban J connectivity index is 3.05. The molecule has 1 aromatic heterocycles. The summed E-state index contributed by atoms with van der Waals surface area (Å²) in [7, 11) is 1.72. The lowest BCUT2D eigenvalue weighted by Gasteiger charge is -2.07. The Kier molecular flexibility index (Phi) is 4.61. The van der Waals surface area contributed by atoms with Gasteiger partial charge in [-0.15, -0.1) is 0 Å². The zero-order chi connectivity index (χ0) is 12.1. The highest BCUT2D eigenvalue weighted by Crippen LogP contribution is 2.11. The zero-order valence-corrected chi connectivity index (χ0v) is 11.3. The standard InChI is InChI=1S/C11H15BrN4/c1-8(2)11-14-7-15-16(11)10(13-4)6-5-9(3)12/h5-8H,3H2,1-2,4H3/b6-5-,13-10?. The van der Waals surface area contributed by atoms with Gasteiger partial charge in [0.1, 0.15) is 12.2 Å². The minimum absolute atomic E-state index is 0.305. The van der Waals surface area contributed by atoms with Crippen LogP contribution in [0.25, 0.3) is 0 Å². The molecule has 0 radical (unpaired) electrons. The van der Waals surface area contributed by atoms with Crippen LogP contribution >= 0.6 is 15.9 Å². The predicted molar refractivity (Wildman–Crippen MR) is 70.1 cm³/mol. The summed E-state index contributed by atoms with van der Waals surface area (Å²) in [5.41, 5.74) is 0. The smallest absolute Gasteiger partial charge is 0.150 e. The van der Waals surface area contributed by atoms with Gasteiger partial charge < -0.3 is 0 Å². The minimum Gasteiger partial charge on any atom is -0.270 e. The Morgan fingerprint density at radius 2 is 2.25 bits per heavy atom. The third-order valence-electron chi connectivity index (χ3n) is 1.95. The largest absolute Gasteiger partial charge is 0.270 e. The number of halogens is 1. The van der Waals surface area contributed by atoms with Gasteiger partial charge in [0, 0.05) is 17.4 Å². The van der Waals surface area contributed by atoms with E-state index >= 15 is 0 Å². The van der Waals surface area contributed by atoms with Gasteiger partial charge in [0.15, 0.2) is 5.84 Å². The second kappa shape index (κ2) is 5.75. The molecule has 0 aliphatic rings. The molecule has 86 valence electrons. The molecule has 0 N–H and O–H groups in total. The van der Waals surface area contributed by atoms with Crippen LogP contribution in [0.3, 0.4) is 0 Å². The van der Waals surface area contributed by atoms with Crippen LogP contribution in [0.5, 0.6) is 0 Å². The lowest BCUT2D eigenvalue weighted by atomic mass is 10.2. The average Bonchev–Trinajstić information content (AvgIpc) is 2.67. The first-order valence-corrected chi connectivity index (χ1v) is 5.75. The van der Waals surface area contributed by atoms with Gasteiger partial charge in [0.05, 0.1) is 0 Å². The van der Waals surface area contributed by atoms with Crippen LogP contribution in [0.2, 0.25) is 0 Å². The van der Waals surface area contributed by atoms with Crippen LogP contribution in [-0.2, 0) is 0 Å². The summed E-state index contributed by atoms with van der Waals surface area (Å²) in [5.74, 6) is 1.94. The maximum absolute atomic E-state index is 4.21. The molecule has 0 aliphatic heterocycles. The lowest BCUT2D eigenvalue weighted by molar-refractivity contribution is 0.736. The summed E-state index contributed by atoms with van der Waals surface area (Å²) in [6.07, 6.45) is 5.21. The molecule has 0 amide bonds. The van der Waals surface area contributed by atoms with Crippen molar-refractivity contribution in [1.29, 1.82) is 0 Å². The fourth-order valence-corrected chi connectivity index (χ4v) is 1.36. The first-order valence-electron chi connectivity index (χ1n) is 4.95. The first kappa shape index (κ1) is 12.8. The molecule has 0 atom stereocenters. The Morgan fingerprint density at radius 3 is 2.75 bits per heavy atom. The topological polar surface area (TPSA) is 43.1 Å². The molecule has 0 aromatic carbocycles. The molecule has 16 heavy (non-hydrogen) atoms. The minimum atomic E-state index is 0.305. The maximum Gasteiger partial charge on any atom is 0.150 e. The Hall–Kier alpha value is -1.23. The van der Waals surface area contributed by atoms with Crippen molar-refractivity contribution in [3.63, 3.8) is 0 Å². The molecular formula is C11H15BrN4. The number of aliphatic imine (C=N–C) groups is 1. The van der Waals surface area contributed by atoms with E-state index in [1.807, 2.05) is 12.2 Å². The normalized spacial score (nSPS) is 12.7. The second-order valence-corrected chi connectivity index (χ2v) is 4.57. The average molecular weight is 283 g/mol. The monoisotopic (exact) mass is 282 g/mol. The summed E-state index contributed by atoms with van der Waals surface area (Å²) in [4.78, 5) is 8.39. The Morgan fingerprint density at radius 1 is 1.56 bits per heavy atom. The number of aromatic nitrogens is 3. The molecule has 0 saturated heterocycles. The quantitative estimate of drug-likeness (QED) is 0.486. The highest BCUT2D eigenvalue weighted by Gasteiger charge is 2.10. The van der Waals surface area contributed by atoms with Crippen LogP contribution in [0.1, 0.15) is 25.6 Å². The predicted octanol–water partition coefficient (Wildman–Crippen LogP) is 2.74. The number of nitrogens with zero attached hydrogens (tertiary/aromatic N) is 4. The molecule has 1 heterocycles. The van der Waals surface area contributed by atoms with Crippen molar-refractivity contribution in [2.75, 3.05) is 7.05 Å². The van der Waals surface area contributed by atoms with Gasteiger partial charge >= 0.3 is 0 Å². The van der Waals surface area contributed by atoms with Crippen molar-refractivity contribution in [3.05, 3.63) is 35.4 Å². The Labute approximate surface area is 104 Å². The van der Waals surface area contributed by atoms with Gasteiger partial charge in [0.2, 0.25) is 0 Å². The van der Waals surface area contributed by atoms with E-state index < -0.39 is 0 Å². The zero-order valence-electron chi connectivity index (χ0n) is 9.68. The van der Waals surface area contributed by atoms with E-state index in [9.17, 15) is 0 Å². The summed E-state index contributed by atoms with van der Waals surface area (Å²) in [6, 6.07) is 0. The van der Waals surface area contributed by atoms with E-state index in [0.717, 1.165) is 16.1 Å². The summed E-state index contributed by atoms with van der Waals surface area (Å²) >= 11 is 3.26. The van der Waals surface area contributed by atoms with E-state index in [0.29, 0.717) is 5.92 Å². The van der Waals surface area contributed by atoms with E-state index in [1.54, 1.807) is 11.7 Å². The summed E-state index contributed by atoms with van der Waals surface area (Å²) in [6.45, 7) is 7.87. The van der Waals surface area contributed by atoms with Crippen LogP contribution in [0.15, 0.2) is 34.5 Å². The van der Waals surface area contributed by atoms with E-state index in [4.69, 9.17) is 0 Å². The first-order chi connectivity index (χ1) is 7.56. The van der Waals surface area contributed by atoms with Gasteiger partial charge in [-0.2, -0.15) is 9.78 Å². The van der Waals surface area contributed by atoms with E-state index in [-0.39, 0.29) is 0 Å². The molecule has 0 fully saturated rings. The molecule has 0 aliphatic carbocycles. The van der Waals surface area contributed by atoms with Gasteiger partial charge in [-0.1, -0.05) is 36.4 Å². The molecule has 5 heteroatoms. The number of rotatable bonds is 3. The number of hydrogen-bond acceptors (Lipinski definition) is 3. The number of allylic oxidation sites excluding steroid dienone is 3. The van der Waals surface area contributed by atoms with E-state index in [1.165, 1.54) is 6.33 Å². The van der Waals surface area contributed by atoms with Gasteiger partial charge in [-0.05, 0) is 12.2 Å². The van der Waals surface area contributed by atoms with Crippen molar-refractivity contribution >= 4 is 21.8 Å². The van der Waals surface area contributed by atoms with Crippen molar-refractivity contribution in [2.45, 2.75) is 19.8 Å². The highest BCUT2D eigenvalue weighted by atomic mass is 79.9. The molecule has 0 unspecified atom stereocenters. The summed E-state index contributed by atoms with van der Waals surface area (Å²) in [5, 5.41) is 4.17. The fraction of sp³-hybridized carbons (Fsp3) is 0.364. The molecular weight excluding hydrogens is 268 g/mol. The lowest BCUT2D eigenvalue weighted by Crippen LogP contribution is -2.15. The van der Waals surface area contributed by atoms with Gasteiger partial charge in [-0.25, -0.2) is 4.98 Å². The third kappa shape index (κ3) is 3.13. The van der Waals surface area contributed by atoms with Crippen molar-refractivity contribution < 1.29 is 0 Å². The summed E-state index contributed by atoms with van der Waals surface area (Å²) < 4.78 is 2.52. The van der Waals surface area contributed by atoms with Gasteiger partial charge in [0.25, 0.3) is 0 Å². The fourth-order valence-electron chi connectivity index (χ4n) is 1.23. The van der Waals surface area contributed by atoms with Crippen LogP contribution < -0.4 is 0 Å². The molecule has 0 saturated carbocycles. The Bertz CT molecular complexity index is 429. The third-order valence-corrected chi connectivity index (χ3v) is 2.21. The van der Waals surface area contributed by atoms with E-state index in [2.05, 4.69) is 51.4 Å². The molecule has 1 aromatic rings. The SMILES string of the molecule is C=C(Br)/C=C\C(=NC)n1ncnc1C(C)C. The van der Waals surface area contributed by atoms with Crippen LogP contribution in [0.4, 0.5) is 0 Å². The maximum atomic E-state index is 4.21. The number of hydrogen-bond donors (Lipinski definition) is 0. The second-order valence-electron chi connectivity index (χ2n) is 3.55. The molecule has 1 rings (SSSR count). The van der Waals surface area contributed by atoms with Crippen molar-refractivity contribution in [3.8, 4) is 0 Å². The molecule has 0 bridgehead atoms. The van der Waals surface area contributed by atoms with Crippen molar-refractivity contribution in [1.82, 2.24) is 14.8 Å². The van der Waals surface area contributed by atoms with Gasteiger partial charge in [-0.3, -0.25) is 4.99 Å². The molecule has 4 nitrogen and oxygen atoms in total. The van der Waals surface area contributed by atoms with Crippen LogP contribution in [0, 0.1) is 0 Å². The van der Waals surface area contributed by atoms with Crippen LogP contribution in [-0.4, -0.2) is 27.6 Å².